The van der Waals surface area contributed by atoms with Crippen LogP contribution in [0, 0.1) is 10.1 Å². The fourth-order valence-electron chi connectivity index (χ4n) is 1.68. The minimum atomic E-state index is -0.766. The Morgan fingerprint density at radius 3 is 3.00 bits per heavy atom. The van der Waals surface area contributed by atoms with E-state index in [1.165, 1.54) is 13.2 Å². The minimum Gasteiger partial charge on any atom is -0.488 e. The molecule has 0 aromatic heterocycles. The normalized spacial score (nSPS) is 13.0. The Labute approximate surface area is 110 Å². The van der Waals surface area contributed by atoms with Gasteiger partial charge >= 0.3 is 11.7 Å². The van der Waals surface area contributed by atoms with E-state index in [-0.39, 0.29) is 15.7 Å². The van der Waals surface area contributed by atoms with Gasteiger partial charge in [0.2, 0.25) is 0 Å². The van der Waals surface area contributed by atoms with Crippen molar-refractivity contribution >= 4 is 33.3 Å². The number of nitro groups is 1. The van der Waals surface area contributed by atoms with E-state index in [2.05, 4.69) is 26.0 Å². The number of hydrogen-bond donors (Lipinski definition) is 1. The number of esters is 1. The minimum absolute atomic E-state index is 0.119. The second-order valence-electron chi connectivity index (χ2n) is 3.49. The van der Waals surface area contributed by atoms with E-state index in [0.717, 1.165) is 0 Å². The van der Waals surface area contributed by atoms with Crippen LogP contribution in [0.4, 0.5) is 11.4 Å². The average Bonchev–Trinajstić information content (AvgIpc) is 2.37. The molecule has 0 spiro atoms. The third-order valence-corrected chi connectivity index (χ3v) is 3.18. The first kappa shape index (κ1) is 12.6. The lowest BCUT2D eigenvalue weighted by atomic mass is 10.1. The van der Waals surface area contributed by atoms with Crippen LogP contribution in [-0.2, 0) is 4.74 Å². The summed E-state index contributed by atoms with van der Waals surface area (Å²) < 4.78 is 10.0. The van der Waals surface area contributed by atoms with Crippen LogP contribution >= 0.6 is 15.9 Å². The quantitative estimate of drug-likeness (QED) is 0.509. The second kappa shape index (κ2) is 4.81. The summed E-state index contributed by atoms with van der Waals surface area (Å²) in [6.45, 7) is 0.970. The van der Waals surface area contributed by atoms with Crippen molar-refractivity contribution in [2.75, 3.05) is 25.6 Å². The molecule has 0 amide bonds. The van der Waals surface area contributed by atoms with Crippen molar-refractivity contribution in [3.8, 4) is 5.75 Å². The SMILES string of the molecule is COC(=O)c1cc2c(c(Br)c1[N+](=O)[O-])OCCN2. The van der Waals surface area contributed by atoms with E-state index >= 15 is 0 Å². The molecule has 1 aliphatic rings. The van der Waals surface area contributed by atoms with E-state index in [1.54, 1.807) is 0 Å². The molecule has 0 saturated heterocycles. The number of methoxy groups -OCH3 is 1. The lowest BCUT2D eigenvalue weighted by Crippen LogP contribution is -2.20. The second-order valence-corrected chi connectivity index (χ2v) is 4.28. The van der Waals surface area contributed by atoms with Crippen molar-refractivity contribution in [1.29, 1.82) is 0 Å². The van der Waals surface area contributed by atoms with E-state index in [4.69, 9.17) is 4.74 Å². The van der Waals surface area contributed by atoms with Gasteiger partial charge in [-0.15, -0.1) is 0 Å². The van der Waals surface area contributed by atoms with Gasteiger partial charge in [0, 0.05) is 6.54 Å². The van der Waals surface area contributed by atoms with E-state index in [1.807, 2.05) is 0 Å². The van der Waals surface area contributed by atoms with Gasteiger partial charge in [-0.05, 0) is 22.0 Å². The fourth-order valence-corrected chi connectivity index (χ4v) is 2.36. The van der Waals surface area contributed by atoms with Crippen molar-refractivity contribution in [2.24, 2.45) is 0 Å². The number of carbonyl (C=O) groups is 1. The maximum Gasteiger partial charge on any atom is 0.345 e. The van der Waals surface area contributed by atoms with Gasteiger partial charge in [-0.25, -0.2) is 4.79 Å². The van der Waals surface area contributed by atoms with Crippen molar-refractivity contribution in [2.45, 2.75) is 0 Å². The number of nitrogens with one attached hydrogen (secondary N) is 1. The van der Waals surface area contributed by atoms with Crippen LogP contribution in [0.25, 0.3) is 0 Å². The van der Waals surface area contributed by atoms with Crippen LogP contribution in [0.2, 0.25) is 0 Å². The van der Waals surface area contributed by atoms with Crippen LogP contribution in [0.5, 0.6) is 5.75 Å². The van der Waals surface area contributed by atoms with Gasteiger partial charge in [-0.2, -0.15) is 0 Å². The van der Waals surface area contributed by atoms with Gasteiger partial charge in [0.1, 0.15) is 16.6 Å². The maximum absolute atomic E-state index is 11.6. The van der Waals surface area contributed by atoms with Crippen molar-refractivity contribution in [3.63, 3.8) is 0 Å². The topological polar surface area (TPSA) is 90.7 Å². The molecular formula is C10H9BrN2O5. The molecule has 1 aromatic carbocycles. The number of rotatable bonds is 2. The number of hydrogen-bond acceptors (Lipinski definition) is 6. The number of anilines is 1. The number of halogens is 1. The highest BCUT2D eigenvalue weighted by molar-refractivity contribution is 9.10. The molecule has 0 radical (unpaired) electrons. The first-order valence-electron chi connectivity index (χ1n) is 5.02. The summed E-state index contributed by atoms with van der Waals surface area (Å²) in [6, 6.07) is 1.36. The highest BCUT2D eigenvalue weighted by Crippen LogP contribution is 2.44. The number of nitro benzene ring substituents is 1. The summed E-state index contributed by atoms with van der Waals surface area (Å²) in [6.07, 6.45) is 0. The average molecular weight is 317 g/mol. The van der Waals surface area contributed by atoms with Crippen LogP contribution in [0.3, 0.4) is 0 Å². The van der Waals surface area contributed by atoms with E-state index in [0.29, 0.717) is 24.6 Å². The molecule has 1 N–H and O–H groups in total. The van der Waals surface area contributed by atoms with E-state index in [9.17, 15) is 14.9 Å². The number of nitrogens with zero attached hydrogens (tertiary/aromatic N) is 1. The molecule has 0 aliphatic carbocycles. The summed E-state index contributed by atoms with van der Waals surface area (Å²) in [5, 5.41) is 14.0. The Hall–Kier alpha value is -1.83. The molecule has 1 heterocycles. The Morgan fingerprint density at radius 2 is 2.39 bits per heavy atom. The lowest BCUT2D eigenvalue weighted by Gasteiger charge is -2.20. The van der Waals surface area contributed by atoms with E-state index < -0.39 is 10.9 Å². The molecule has 0 unspecified atom stereocenters. The zero-order valence-corrected chi connectivity index (χ0v) is 10.9. The summed E-state index contributed by atoms with van der Waals surface area (Å²) in [4.78, 5) is 22.0. The van der Waals surface area contributed by atoms with Crippen LogP contribution in [0.1, 0.15) is 10.4 Å². The molecule has 18 heavy (non-hydrogen) atoms. The zero-order chi connectivity index (χ0) is 13.3. The zero-order valence-electron chi connectivity index (χ0n) is 9.36. The summed E-state index contributed by atoms with van der Waals surface area (Å²) in [5.74, 6) is -0.432. The number of ether oxygens (including phenoxy) is 2. The Balaban J connectivity index is 2.68. The van der Waals surface area contributed by atoms with Gasteiger partial charge < -0.3 is 14.8 Å². The van der Waals surface area contributed by atoms with Crippen molar-refractivity contribution in [3.05, 3.63) is 26.2 Å². The maximum atomic E-state index is 11.6. The lowest BCUT2D eigenvalue weighted by molar-refractivity contribution is -0.386. The molecule has 1 aromatic rings. The molecule has 8 heteroatoms. The molecule has 0 saturated carbocycles. The first-order valence-corrected chi connectivity index (χ1v) is 5.81. The molecule has 2 rings (SSSR count). The van der Waals surface area contributed by atoms with Gasteiger partial charge in [-0.1, -0.05) is 0 Å². The summed E-state index contributed by atoms with van der Waals surface area (Å²) in [7, 11) is 1.17. The van der Waals surface area contributed by atoms with Crippen LogP contribution in [-0.4, -0.2) is 31.2 Å². The predicted octanol–water partition coefficient (Wildman–Crippen LogP) is 1.95. The van der Waals surface area contributed by atoms with Gasteiger partial charge in [0.25, 0.3) is 0 Å². The Kier molecular flexibility index (Phi) is 3.37. The Bertz CT molecular complexity index is 531. The largest absolute Gasteiger partial charge is 0.488 e. The third-order valence-electron chi connectivity index (χ3n) is 2.45. The highest BCUT2D eigenvalue weighted by Gasteiger charge is 2.31. The smallest absolute Gasteiger partial charge is 0.345 e. The predicted molar refractivity (Wildman–Crippen MR) is 66.1 cm³/mol. The molecule has 1 aliphatic heterocycles. The molecule has 96 valence electrons. The van der Waals surface area contributed by atoms with Gasteiger partial charge in [-0.3, -0.25) is 10.1 Å². The standard InChI is InChI=1S/C10H9BrN2O5/c1-17-10(14)5-4-6-9(18-3-2-12-6)7(11)8(5)13(15)16/h4,12H,2-3H2,1H3. The fraction of sp³-hybridized carbons (Fsp3) is 0.300. The van der Waals surface area contributed by atoms with Crippen LogP contribution < -0.4 is 10.1 Å². The van der Waals surface area contributed by atoms with Gasteiger partial charge in [0.15, 0.2) is 5.75 Å². The highest BCUT2D eigenvalue weighted by atomic mass is 79.9. The summed E-state index contributed by atoms with van der Waals surface area (Å²) in [5.41, 5.74) is 0.0505. The third kappa shape index (κ3) is 1.99. The van der Waals surface area contributed by atoms with Gasteiger partial charge in [0.05, 0.1) is 17.7 Å². The number of carbonyl (C=O) groups excluding carboxylic acids is 1. The molecule has 0 fully saturated rings. The molecule has 0 atom stereocenters. The van der Waals surface area contributed by atoms with Crippen molar-refractivity contribution in [1.82, 2.24) is 0 Å². The molecular weight excluding hydrogens is 308 g/mol. The number of benzene rings is 1. The van der Waals surface area contributed by atoms with Crippen molar-refractivity contribution < 1.29 is 19.2 Å². The molecule has 0 bridgehead atoms. The Morgan fingerprint density at radius 1 is 1.67 bits per heavy atom. The number of fused-ring (bicyclic) bond motifs is 1. The summed E-state index contributed by atoms with van der Waals surface area (Å²) >= 11 is 3.10. The molecule has 7 nitrogen and oxygen atoms in total. The first-order chi connectivity index (χ1) is 8.56. The van der Waals surface area contributed by atoms with Crippen LogP contribution in [0.15, 0.2) is 10.5 Å². The monoisotopic (exact) mass is 316 g/mol.